The molecule has 0 aromatic heterocycles. The van der Waals surface area contributed by atoms with E-state index in [1.807, 2.05) is 6.07 Å². The molecule has 2 rings (SSSR count). The van der Waals surface area contributed by atoms with Gasteiger partial charge in [-0.25, -0.2) is 4.39 Å². The van der Waals surface area contributed by atoms with E-state index in [9.17, 15) is 4.39 Å². The average molecular weight is 252 g/mol. The molecule has 0 aliphatic carbocycles. The number of hydrogen-bond donors (Lipinski definition) is 1. The van der Waals surface area contributed by atoms with E-state index in [1.165, 1.54) is 6.07 Å². The summed E-state index contributed by atoms with van der Waals surface area (Å²) < 4.78 is 18.7. The zero-order valence-electron chi connectivity index (χ0n) is 11.5. The number of nitrogens with zero attached hydrogens (tertiary/aromatic N) is 1. The Bertz CT molecular complexity index is 434. The van der Waals surface area contributed by atoms with Gasteiger partial charge in [0.25, 0.3) is 0 Å². The van der Waals surface area contributed by atoms with Gasteiger partial charge < -0.3 is 15.0 Å². The molecule has 1 heterocycles. The molecule has 0 spiro atoms. The van der Waals surface area contributed by atoms with Gasteiger partial charge in [-0.05, 0) is 26.8 Å². The highest BCUT2D eigenvalue weighted by molar-refractivity contribution is 5.53. The van der Waals surface area contributed by atoms with Crippen LogP contribution in [-0.2, 0) is 0 Å². The molecule has 3 nitrogen and oxygen atoms in total. The van der Waals surface area contributed by atoms with Gasteiger partial charge in [-0.3, -0.25) is 0 Å². The molecular formula is C14H21FN2O. The predicted octanol–water partition coefficient (Wildman–Crippen LogP) is 2.41. The van der Waals surface area contributed by atoms with E-state index >= 15 is 0 Å². The van der Waals surface area contributed by atoms with E-state index in [-0.39, 0.29) is 11.4 Å². The summed E-state index contributed by atoms with van der Waals surface area (Å²) >= 11 is 0. The Hall–Kier alpha value is -1.29. The Morgan fingerprint density at radius 2 is 2.11 bits per heavy atom. The lowest BCUT2D eigenvalue weighted by Gasteiger charge is -2.44. The lowest BCUT2D eigenvalue weighted by Crippen LogP contribution is -2.61. The Balaban J connectivity index is 2.31. The molecule has 18 heavy (non-hydrogen) atoms. The molecule has 1 aliphatic rings. The van der Waals surface area contributed by atoms with Crippen molar-refractivity contribution in [2.45, 2.75) is 32.4 Å². The van der Waals surface area contributed by atoms with Gasteiger partial charge in [0.05, 0.1) is 7.11 Å². The third-order valence-electron chi connectivity index (χ3n) is 3.40. The van der Waals surface area contributed by atoms with Crippen LogP contribution in [0.25, 0.3) is 0 Å². The number of ether oxygens (including phenoxy) is 1. The first-order valence-corrected chi connectivity index (χ1v) is 6.27. The van der Waals surface area contributed by atoms with Crippen LogP contribution in [0.4, 0.5) is 10.1 Å². The summed E-state index contributed by atoms with van der Waals surface area (Å²) in [5.74, 6) is 0.307. The molecule has 1 aliphatic heterocycles. The smallest absolute Gasteiger partial charge is 0.128 e. The van der Waals surface area contributed by atoms with Crippen LogP contribution in [0.1, 0.15) is 20.8 Å². The summed E-state index contributed by atoms with van der Waals surface area (Å²) in [6, 6.07) is 5.20. The third-order valence-corrected chi connectivity index (χ3v) is 3.40. The number of rotatable bonds is 2. The number of benzene rings is 1. The van der Waals surface area contributed by atoms with Crippen molar-refractivity contribution in [3.05, 3.63) is 24.0 Å². The van der Waals surface area contributed by atoms with Crippen molar-refractivity contribution >= 4 is 5.69 Å². The molecule has 0 amide bonds. The van der Waals surface area contributed by atoms with Crippen molar-refractivity contribution in [2.24, 2.45) is 0 Å². The van der Waals surface area contributed by atoms with Gasteiger partial charge in [0.2, 0.25) is 0 Å². The van der Waals surface area contributed by atoms with Crippen molar-refractivity contribution < 1.29 is 9.13 Å². The first kappa shape index (κ1) is 13.1. The van der Waals surface area contributed by atoms with E-state index in [1.54, 1.807) is 13.2 Å². The molecule has 1 saturated heterocycles. The van der Waals surface area contributed by atoms with Gasteiger partial charge in [-0.2, -0.15) is 0 Å². The molecule has 1 N–H and O–H groups in total. The molecule has 100 valence electrons. The minimum Gasteiger partial charge on any atom is -0.497 e. The number of halogens is 1. The fourth-order valence-electron chi connectivity index (χ4n) is 2.35. The normalized spacial score (nSPS) is 22.9. The van der Waals surface area contributed by atoms with Crippen LogP contribution >= 0.6 is 0 Å². The Kier molecular flexibility index (Phi) is 3.48. The monoisotopic (exact) mass is 252 g/mol. The Morgan fingerprint density at radius 1 is 1.39 bits per heavy atom. The Morgan fingerprint density at radius 3 is 2.78 bits per heavy atom. The minimum absolute atomic E-state index is 0.0338. The number of methoxy groups -OCH3 is 1. The molecule has 1 fully saturated rings. The van der Waals surface area contributed by atoms with Crippen LogP contribution in [0.5, 0.6) is 5.75 Å². The van der Waals surface area contributed by atoms with Gasteiger partial charge in [-0.1, -0.05) is 0 Å². The molecule has 4 heteroatoms. The lowest BCUT2D eigenvalue weighted by atomic mass is 9.98. The van der Waals surface area contributed by atoms with E-state index in [0.29, 0.717) is 11.8 Å². The summed E-state index contributed by atoms with van der Waals surface area (Å²) in [7, 11) is 1.56. The van der Waals surface area contributed by atoms with Gasteiger partial charge >= 0.3 is 0 Å². The van der Waals surface area contributed by atoms with Crippen LogP contribution in [0.15, 0.2) is 18.2 Å². The molecule has 0 saturated carbocycles. The molecule has 1 atom stereocenters. The highest BCUT2D eigenvalue weighted by Crippen LogP contribution is 2.28. The summed E-state index contributed by atoms with van der Waals surface area (Å²) in [6.07, 6.45) is 0. The largest absolute Gasteiger partial charge is 0.497 e. The molecule has 1 aromatic carbocycles. The van der Waals surface area contributed by atoms with Gasteiger partial charge in [0.1, 0.15) is 11.6 Å². The van der Waals surface area contributed by atoms with Crippen molar-refractivity contribution in [2.75, 3.05) is 25.1 Å². The molecular weight excluding hydrogens is 231 g/mol. The highest BCUT2D eigenvalue weighted by Gasteiger charge is 2.30. The van der Waals surface area contributed by atoms with E-state index < -0.39 is 0 Å². The summed E-state index contributed by atoms with van der Waals surface area (Å²) in [5.41, 5.74) is 0.917. The molecule has 0 radical (unpaired) electrons. The van der Waals surface area contributed by atoms with Gasteiger partial charge in [0, 0.05) is 42.5 Å². The maximum absolute atomic E-state index is 13.6. The summed E-state index contributed by atoms with van der Waals surface area (Å²) in [5, 5.41) is 3.48. The maximum atomic E-state index is 13.6. The van der Waals surface area contributed by atoms with Crippen LogP contribution in [0.3, 0.4) is 0 Å². The number of anilines is 1. The Labute approximate surface area is 108 Å². The minimum atomic E-state index is -0.257. The van der Waals surface area contributed by atoms with Crippen LogP contribution in [0, 0.1) is 5.82 Å². The van der Waals surface area contributed by atoms with Crippen LogP contribution < -0.4 is 15.0 Å². The standard InChI is InChI=1S/C14H21FN2O/c1-10-8-16-14(2,3)9-17(10)12-5-11(15)6-13(7-12)18-4/h5-7,10,16H,8-9H2,1-4H3. The van der Waals surface area contributed by atoms with Gasteiger partial charge in [0.15, 0.2) is 0 Å². The fourth-order valence-corrected chi connectivity index (χ4v) is 2.35. The third kappa shape index (κ3) is 2.75. The predicted molar refractivity (Wildman–Crippen MR) is 71.8 cm³/mol. The van der Waals surface area contributed by atoms with Crippen molar-refractivity contribution in [3.8, 4) is 5.75 Å². The summed E-state index contributed by atoms with van der Waals surface area (Å²) in [4.78, 5) is 2.22. The van der Waals surface area contributed by atoms with E-state index in [4.69, 9.17) is 4.74 Å². The van der Waals surface area contributed by atoms with Crippen molar-refractivity contribution in [3.63, 3.8) is 0 Å². The zero-order chi connectivity index (χ0) is 13.3. The topological polar surface area (TPSA) is 24.5 Å². The SMILES string of the molecule is COc1cc(F)cc(N2CC(C)(C)NCC2C)c1. The van der Waals surface area contributed by atoms with Gasteiger partial charge in [-0.15, -0.1) is 0 Å². The average Bonchev–Trinajstić information content (AvgIpc) is 2.31. The number of hydrogen-bond acceptors (Lipinski definition) is 3. The second-order valence-corrected chi connectivity index (χ2v) is 5.59. The molecule has 0 bridgehead atoms. The van der Waals surface area contributed by atoms with Crippen LogP contribution in [0.2, 0.25) is 0 Å². The first-order chi connectivity index (χ1) is 8.41. The number of piperazine rings is 1. The fraction of sp³-hybridized carbons (Fsp3) is 0.571. The summed E-state index contributed by atoms with van der Waals surface area (Å²) in [6.45, 7) is 8.19. The second-order valence-electron chi connectivity index (χ2n) is 5.59. The van der Waals surface area contributed by atoms with E-state index in [0.717, 1.165) is 18.8 Å². The zero-order valence-corrected chi connectivity index (χ0v) is 11.5. The lowest BCUT2D eigenvalue weighted by molar-refractivity contribution is 0.317. The van der Waals surface area contributed by atoms with E-state index in [2.05, 4.69) is 31.0 Å². The highest BCUT2D eigenvalue weighted by atomic mass is 19.1. The molecule has 1 unspecified atom stereocenters. The maximum Gasteiger partial charge on any atom is 0.128 e. The van der Waals surface area contributed by atoms with Crippen molar-refractivity contribution in [1.82, 2.24) is 5.32 Å². The molecule has 1 aromatic rings. The van der Waals surface area contributed by atoms with Crippen LogP contribution in [-0.4, -0.2) is 31.8 Å². The second kappa shape index (κ2) is 4.76. The quantitative estimate of drug-likeness (QED) is 0.875. The first-order valence-electron chi connectivity index (χ1n) is 6.27. The number of nitrogens with one attached hydrogen (secondary N) is 1. The van der Waals surface area contributed by atoms with Crippen molar-refractivity contribution in [1.29, 1.82) is 0 Å².